The fourth-order valence-electron chi connectivity index (χ4n) is 1.69. The largest absolute Gasteiger partial charge is 0.480 e. The van der Waals surface area contributed by atoms with Crippen molar-refractivity contribution in [1.82, 2.24) is 5.32 Å². The van der Waals surface area contributed by atoms with Crippen molar-refractivity contribution in [1.29, 1.82) is 0 Å². The minimum Gasteiger partial charge on any atom is -0.480 e. The Bertz CT molecular complexity index is 549. The molecular formula is C12H14F2N4O3. The predicted octanol–water partition coefficient (Wildman–Crippen LogP) is 2.49. The smallest absolute Gasteiger partial charge is 0.387 e. The van der Waals surface area contributed by atoms with E-state index in [4.69, 9.17) is 5.53 Å². The van der Waals surface area contributed by atoms with E-state index in [9.17, 15) is 18.7 Å². The maximum absolute atomic E-state index is 12.2. The van der Waals surface area contributed by atoms with Crippen molar-refractivity contribution in [3.05, 3.63) is 40.3 Å². The van der Waals surface area contributed by atoms with E-state index in [0.717, 1.165) is 0 Å². The first kappa shape index (κ1) is 16.7. The molecule has 1 aromatic rings. The number of alkyl halides is 2. The molecule has 9 heteroatoms. The summed E-state index contributed by atoms with van der Waals surface area (Å²) < 4.78 is 28.6. The topological polar surface area (TPSA) is 107 Å². The monoisotopic (exact) mass is 300 g/mol. The number of hydrogen-bond donors (Lipinski definition) is 2. The van der Waals surface area contributed by atoms with E-state index in [2.05, 4.69) is 20.1 Å². The van der Waals surface area contributed by atoms with Crippen LogP contribution in [-0.2, 0) is 10.3 Å². The van der Waals surface area contributed by atoms with Gasteiger partial charge in [-0.2, -0.15) is 8.78 Å². The Morgan fingerprint density at radius 1 is 1.62 bits per heavy atom. The first-order valence-electron chi connectivity index (χ1n) is 5.95. The van der Waals surface area contributed by atoms with Crippen LogP contribution in [0.25, 0.3) is 10.4 Å². The number of carbonyl (C=O) groups is 1. The fraction of sp³-hybridized carbons (Fsp3) is 0.417. The summed E-state index contributed by atoms with van der Waals surface area (Å²) in [7, 11) is 0. The van der Waals surface area contributed by atoms with Crippen LogP contribution >= 0.6 is 0 Å². The molecule has 0 radical (unpaired) electrons. The second-order valence-corrected chi connectivity index (χ2v) is 4.22. The van der Waals surface area contributed by atoms with Crippen molar-refractivity contribution in [3.63, 3.8) is 0 Å². The zero-order valence-electron chi connectivity index (χ0n) is 11.2. The van der Waals surface area contributed by atoms with Crippen LogP contribution in [0.4, 0.5) is 8.78 Å². The molecule has 0 saturated heterocycles. The third-order valence-corrected chi connectivity index (χ3v) is 2.82. The average molecular weight is 300 g/mol. The Morgan fingerprint density at radius 2 is 2.33 bits per heavy atom. The van der Waals surface area contributed by atoms with Gasteiger partial charge < -0.3 is 9.84 Å². The summed E-state index contributed by atoms with van der Waals surface area (Å²) in [4.78, 5) is 14.0. The van der Waals surface area contributed by atoms with Crippen molar-refractivity contribution in [3.8, 4) is 5.75 Å². The molecule has 0 aromatic heterocycles. The number of rotatable bonds is 8. The number of nitrogens with one attached hydrogen (secondary N) is 1. The molecule has 0 heterocycles. The minimum atomic E-state index is -2.99. The number of hydrogen-bond acceptors (Lipinski definition) is 4. The number of carboxylic acid groups (broad SMARTS) is 1. The van der Waals surface area contributed by atoms with Gasteiger partial charge in [0.15, 0.2) is 0 Å². The number of ether oxygens (including phenoxy) is 1. The summed E-state index contributed by atoms with van der Waals surface area (Å²) in [6.07, 6.45) is 0. The minimum absolute atomic E-state index is 0.0621. The van der Waals surface area contributed by atoms with Crippen LogP contribution in [0.3, 0.4) is 0 Å². The molecule has 0 fully saturated rings. The number of nitrogens with zero attached hydrogens (tertiary/aromatic N) is 3. The molecule has 21 heavy (non-hydrogen) atoms. The van der Waals surface area contributed by atoms with Crippen LogP contribution in [0.2, 0.25) is 0 Å². The summed E-state index contributed by atoms with van der Waals surface area (Å²) in [6, 6.07) is 5.43. The zero-order valence-corrected chi connectivity index (χ0v) is 11.2. The SMILES string of the molecule is CC(NCCN=[N+]=[N-])(C(=O)O)c1cccc(OC(F)F)c1. The third-order valence-electron chi connectivity index (χ3n) is 2.82. The highest BCUT2D eigenvalue weighted by molar-refractivity contribution is 5.80. The van der Waals surface area contributed by atoms with Gasteiger partial charge in [-0.1, -0.05) is 17.2 Å². The van der Waals surface area contributed by atoms with Crippen molar-refractivity contribution < 1.29 is 23.4 Å². The highest BCUT2D eigenvalue weighted by Crippen LogP contribution is 2.25. The molecule has 1 unspecified atom stereocenters. The van der Waals surface area contributed by atoms with Crippen LogP contribution in [0.15, 0.2) is 29.4 Å². The van der Waals surface area contributed by atoms with Crippen molar-refractivity contribution in [2.24, 2.45) is 5.11 Å². The van der Waals surface area contributed by atoms with E-state index < -0.39 is 18.1 Å². The van der Waals surface area contributed by atoms with Crippen LogP contribution < -0.4 is 10.1 Å². The second kappa shape index (κ2) is 7.41. The highest BCUT2D eigenvalue weighted by atomic mass is 19.3. The van der Waals surface area contributed by atoms with Gasteiger partial charge in [-0.25, -0.2) is 4.79 Å². The molecule has 7 nitrogen and oxygen atoms in total. The lowest BCUT2D eigenvalue weighted by molar-refractivity contribution is -0.144. The summed E-state index contributed by atoms with van der Waals surface area (Å²) in [5, 5.41) is 15.4. The lowest BCUT2D eigenvalue weighted by atomic mass is 9.92. The average Bonchev–Trinajstić information content (AvgIpc) is 2.42. The Hall–Kier alpha value is -2.38. The van der Waals surface area contributed by atoms with Gasteiger partial charge in [0.1, 0.15) is 11.3 Å². The maximum atomic E-state index is 12.2. The van der Waals surface area contributed by atoms with Gasteiger partial charge in [-0.15, -0.1) is 0 Å². The Morgan fingerprint density at radius 3 is 2.90 bits per heavy atom. The number of benzene rings is 1. The van der Waals surface area contributed by atoms with E-state index >= 15 is 0 Å². The standard InChI is InChI=1S/C12H14F2N4O3/c1-12(10(19)20,16-5-6-17-18-15)8-3-2-4-9(7-8)21-11(13)14/h2-4,7,11,16H,5-6H2,1H3,(H,19,20). The first-order chi connectivity index (χ1) is 9.90. The van der Waals surface area contributed by atoms with E-state index in [1.807, 2.05) is 0 Å². The molecular weight excluding hydrogens is 286 g/mol. The molecule has 0 aliphatic rings. The molecule has 2 N–H and O–H groups in total. The first-order valence-corrected chi connectivity index (χ1v) is 5.95. The molecule has 0 spiro atoms. The Labute approximate surface area is 119 Å². The molecule has 1 rings (SSSR count). The zero-order chi connectivity index (χ0) is 15.9. The lowest BCUT2D eigenvalue weighted by Crippen LogP contribution is -2.47. The fourth-order valence-corrected chi connectivity index (χ4v) is 1.69. The quantitative estimate of drug-likeness (QED) is 0.333. The third kappa shape index (κ3) is 4.59. The number of aliphatic carboxylic acids is 1. The van der Waals surface area contributed by atoms with Gasteiger partial charge >= 0.3 is 12.6 Å². The maximum Gasteiger partial charge on any atom is 0.387 e. The summed E-state index contributed by atoms with van der Waals surface area (Å²) in [5.41, 5.74) is 6.89. The highest BCUT2D eigenvalue weighted by Gasteiger charge is 2.34. The van der Waals surface area contributed by atoms with Gasteiger partial charge in [0.2, 0.25) is 0 Å². The van der Waals surface area contributed by atoms with Crippen LogP contribution in [0.1, 0.15) is 12.5 Å². The predicted molar refractivity (Wildman–Crippen MR) is 70.1 cm³/mol. The van der Waals surface area contributed by atoms with Crippen molar-refractivity contribution >= 4 is 5.97 Å². The van der Waals surface area contributed by atoms with Gasteiger partial charge in [0, 0.05) is 18.0 Å². The Kier molecular flexibility index (Phi) is 5.89. The number of azide groups is 1. The summed E-state index contributed by atoms with van der Waals surface area (Å²) in [6.45, 7) is -1.43. The molecule has 0 saturated carbocycles. The number of carboxylic acids is 1. The van der Waals surface area contributed by atoms with Gasteiger partial charge in [-0.3, -0.25) is 5.32 Å². The number of halogens is 2. The van der Waals surface area contributed by atoms with Gasteiger partial charge in [0.05, 0.1) is 0 Å². The van der Waals surface area contributed by atoms with E-state index in [0.29, 0.717) is 0 Å². The molecule has 114 valence electrons. The van der Waals surface area contributed by atoms with E-state index in [-0.39, 0.29) is 24.4 Å². The van der Waals surface area contributed by atoms with Crippen LogP contribution in [-0.4, -0.2) is 30.8 Å². The van der Waals surface area contributed by atoms with Crippen LogP contribution in [0, 0.1) is 0 Å². The second-order valence-electron chi connectivity index (χ2n) is 4.22. The molecule has 0 aliphatic carbocycles. The lowest BCUT2D eigenvalue weighted by Gasteiger charge is -2.27. The normalized spacial score (nSPS) is 13.3. The molecule has 0 aliphatic heterocycles. The van der Waals surface area contributed by atoms with E-state index in [1.54, 1.807) is 0 Å². The molecule has 1 atom stereocenters. The molecule has 1 aromatic carbocycles. The van der Waals surface area contributed by atoms with Crippen molar-refractivity contribution in [2.75, 3.05) is 13.1 Å². The Balaban J connectivity index is 2.98. The molecule has 0 amide bonds. The van der Waals surface area contributed by atoms with Gasteiger partial charge in [-0.05, 0) is 30.2 Å². The van der Waals surface area contributed by atoms with Crippen LogP contribution in [0.5, 0.6) is 5.75 Å². The van der Waals surface area contributed by atoms with E-state index in [1.165, 1.54) is 31.2 Å². The summed E-state index contributed by atoms with van der Waals surface area (Å²) in [5.74, 6) is -1.33. The molecule has 0 bridgehead atoms. The van der Waals surface area contributed by atoms with Crippen molar-refractivity contribution in [2.45, 2.75) is 19.1 Å². The van der Waals surface area contributed by atoms with Gasteiger partial charge in [0.25, 0.3) is 0 Å². The summed E-state index contributed by atoms with van der Waals surface area (Å²) >= 11 is 0.